The molecule has 0 aromatic carbocycles. The molecule has 5 nitrogen and oxygen atoms in total. The average Bonchev–Trinajstić information content (AvgIpc) is 2.72. The van der Waals surface area contributed by atoms with Crippen LogP contribution in [0.4, 0.5) is 0 Å². The van der Waals surface area contributed by atoms with Crippen molar-refractivity contribution in [2.75, 3.05) is 13.1 Å². The Morgan fingerprint density at radius 1 is 1.45 bits per heavy atom. The zero-order valence-electron chi connectivity index (χ0n) is 12.0. The van der Waals surface area contributed by atoms with Crippen molar-refractivity contribution in [1.29, 1.82) is 0 Å². The number of nitrogens with zero attached hydrogens (tertiary/aromatic N) is 3. The van der Waals surface area contributed by atoms with Gasteiger partial charge in [-0.05, 0) is 32.4 Å². The quantitative estimate of drug-likeness (QED) is 0.857. The lowest BCUT2D eigenvalue weighted by molar-refractivity contribution is -0.108. The molecule has 0 saturated carbocycles. The molecule has 2 N–H and O–H groups in total. The van der Waals surface area contributed by atoms with Gasteiger partial charge in [-0.15, -0.1) is 0 Å². The van der Waals surface area contributed by atoms with Gasteiger partial charge in [0.2, 0.25) is 0 Å². The maximum atomic E-state index is 10.0. The minimum atomic E-state index is -0.970. The first-order valence-corrected chi connectivity index (χ1v) is 7.03. The van der Waals surface area contributed by atoms with E-state index in [1.165, 1.54) is 0 Å². The number of fused-ring (bicyclic) bond motifs is 1. The first-order valence-electron chi connectivity index (χ1n) is 7.03. The summed E-state index contributed by atoms with van der Waals surface area (Å²) in [6.45, 7) is 5.65. The molecule has 3 heterocycles. The lowest BCUT2D eigenvalue weighted by Crippen LogP contribution is -2.53. The standard InChI is InChI=1S/C15H21N3O2/c1-11-16-12(13-5-3-4-7-18(11)13)9-17-8-6-15(2,20)14(19)10-17/h3-5,7,14,19-20H,6,8-10H2,1-2H3/t14-,15-/m0/s1. The number of rotatable bonds is 2. The molecule has 108 valence electrons. The van der Waals surface area contributed by atoms with Crippen molar-refractivity contribution < 1.29 is 10.2 Å². The van der Waals surface area contributed by atoms with Crippen LogP contribution in [0.25, 0.3) is 5.52 Å². The molecule has 1 aliphatic heterocycles. The van der Waals surface area contributed by atoms with Gasteiger partial charge in [0, 0.05) is 25.8 Å². The SMILES string of the molecule is Cc1nc(CN2CC[C@](C)(O)[C@@H](O)C2)c2ccccn12. The van der Waals surface area contributed by atoms with E-state index in [0.717, 1.165) is 23.6 Å². The minimum Gasteiger partial charge on any atom is -0.389 e. The van der Waals surface area contributed by atoms with Gasteiger partial charge in [-0.3, -0.25) is 4.90 Å². The van der Waals surface area contributed by atoms with Crippen LogP contribution in [0.2, 0.25) is 0 Å². The monoisotopic (exact) mass is 275 g/mol. The molecule has 1 saturated heterocycles. The third kappa shape index (κ3) is 2.32. The van der Waals surface area contributed by atoms with Crippen LogP contribution in [0.5, 0.6) is 0 Å². The minimum absolute atomic E-state index is 0.484. The van der Waals surface area contributed by atoms with E-state index < -0.39 is 11.7 Å². The van der Waals surface area contributed by atoms with Crippen LogP contribution in [0.3, 0.4) is 0 Å². The summed E-state index contributed by atoms with van der Waals surface area (Å²) < 4.78 is 2.08. The van der Waals surface area contributed by atoms with E-state index >= 15 is 0 Å². The van der Waals surface area contributed by atoms with Crippen molar-refractivity contribution in [2.24, 2.45) is 0 Å². The highest BCUT2D eigenvalue weighted by Gasteiger charge is 2.36. The fourth-order valence-electron chi connectivity index (χ4n) is 2.82. The third-order valence-electron chi connectivity index (χ3n) is 4.26. The second-order valence-electron chi connectivity index (χ2n) is 5.92. The largest absolute Gasteiger partial charge is 0.389 e. The Labute approximate surface area is 118 Å². The maximum absolute atomic E-state index is 10.0. The molecule has 2 atom stereocenters. The van der Waals surface area contributed by atoms with Gasteiger partial charge in [0.1, 0.15) is 5.82 Å². The molecular weight excluding hydrogens is 254 g/mol. The molecule has 0 bridgehead atoms. The van der Waals surface area contributed by atoms with Gasteiger partial charge in [0.25, 0.3) is 0 Å². The summed E-state index contributed by atoms with van der Waals surface area (Å²) in [6, 6.07) is 6.06. The highest BCUT2D eigenvalue weighted by atomic mass is 16.3. The number of aliphatic hydroxyl groups is 2. The summed E-state index contributed by atoms with van der Waals surface area (Å²) in [7, 11) is 0. The topological polar surface area (TPSA) is 61.0 Å². The molecule has 1 fully saturated rings. The van der Waals surface area contributed by atoms with E-state index in [4.69, 9.17) is 0 Å². The molecule has 3 rings (SSSR count). The lowest BCUT2D eigenvalue weighted by atomic mass is 9.91. The second kappa shape index (κ2) is 4.84. The Kier molecular flexibility index (Phi) is 3.28. The number of hydrogen-bond donors (Lipinski definition) is 2. The molecule has 0 aliphatic carbocycles. The van der Waals surface area contributed by atoms with Gasteiger partial charge < -0.3 is 14.6 Å². The van der Waals surface area contributed by atoms with Crippen molar-refractivity contribution in [3.05, 3.63) is 35.9 Å². The fourth-order valence-corrected chi connectivity index (χ4v) is 2.82. The first-order chi connectivity index (χ1) is 9.47. The summed E-state index contributed by atoms with van der Waals surface area (Å²) >= 11 is 0. The van der Waals surface area contributed by atoms with E-state index in [1.807, 2.05) is 25.3 Å². The van der Waals surface area contributed by atoms with Gasteiger partial charge in [0.15, 0.2) is 0 Å². The number of aliphatic hydroxyl groups excluding tert-OH is 1. The summed E-state index contributed by atoms with van der Waals surface area (Å²) in [4.78, 5) is 6.77. The van der Waals surface area contributed by atoms with Gasteiger partial charge in [-0.25, -0.2) is 4.98 Å². The summed E-state index contributed by atoms with van der Waals surface area (Å²) in [6.07, 6.45) is 1.89. The van der Waals surface area contributed by atoms with Gasteiger partial charge in [0.05, 0.1) is 22.9 Å². The zero-order chi connectivity index (χ0) is 14.3. The summed E-state index contributed by atoms with van der Waals surface area (Å²) in [5.41, 5.74) is 1.16. The highest BCUT2D eigenvalue weighted by Crippen LogP contribution is 2.24. The van der Waals surface area contributed by atoms with Crippen LogP contribution in [0.15, 0.2) is 24.4 Å². The molecule has 2 aromatic heterocycles. The number of pyridine rings is 1. The van der Waals surface area contributed by atoms with Crippen molar-refractivity contribution in [3.8, 4) is 0 Å². The Morgan fingerprint density at radius 2 is 2.25 bits per heavy atom. The maximum Gasteiger partial charge on any atom is 0.110 e. The predicted molar refractivity (Wildman–Crippen MR) is 76.5 cm³/mol. The molecule has 0 radical (unpaired) electrons. The fraction of sp³-hybridized carbons (Fsp3) is 0.533. The van der Waals surface area contributed by atoms with Gasteiger partial charge in [-0.2, -0.15) is 0 Å². The highest BCUT2D eigenvalue weighted by molar-refractivity contribution is 5.53. The molecule has 0 unspecified atom stereocenters. The number of imidazole rings is 1. The van der Waals surface area contributed by atoms with Crippen molar-refractivity contribution in [3.63, 3.8) is 0 Å². The Bertz CT molecular complexity index is 621. The Morgan fingerprint density at radius 3 is 3.00 bits per heavy atom. The molecule has 2 aromatic rings. The molecule has 0 amide bonds. The Hall–Kier alpha value is -1.43. The van der Waals surface area contributed by atoms with E-state index in [9.17, 15) is 10.2 Å². The summed E-state index contributed by atoms with van der Waals surface area (Å²) in [5, 5.41) is 20.0. The van der Waals surface area contributed by atoms with Crippen molar-refractivity contribution in [1.82, 2.24) is 14.3 Å². The first kappa shape index (κ1) is 13.5. The van der Waals surface area contributed by atoms with Crippen LogP contribution in [0.1, 0.15) is 24.9 Å². The van der Waals surface area contributed by atoms with Crippen LogP contribution in [0, 0.1) is 6.92 Å². The number of aryl methyl sites for hydroxylation is 1. The van der Waals surface area contributed by atoms with Crippen LogP contribution in [-0.2, 0) is 6.54 Å². The van der Waals surface area contributed by atoms with E-state index in [2.05, 4.69) is 20.4 Å². The number of aromatic nitrogens is 2. The molecule has 0 spiro atoms. The van der Waals surface area contributed by atoms with E-state index in [-0.39, 0.29) is 0 Å². The zero-order valence-corrected chi connectivity index (χ0v) is 12.0. The number of piperidine rings is 1. The van der Waals surface area contributed by atoms with Crippen molar-refractivity contribution >= 4 is 5.52 Å². The molecular formula is C15H21N3O2. The van der Waals surface area contributed by atoms with Crippen LogP contribution in [-0.4, -0.2) is 49.3 Å². The second-order valence-corrected chi connectivity index (χ2v) is 5.92. The van der Waals surface area contributed by atoms with Crippen LogP contribution >= 0.6 is 0 Å². The van der Waals surface area contributed by atoms with E-state index in [1.54, 1.807) is 6.92 Å². The predicted octanol–water partition coefficient (Wildman–Crippen LogP) is 0.960. The van der Waals surface area contributed by atoms with E-state index in [0.29, 0.717) is 19.5 Å². The number of likely N-dealkylation sites (tertiary alicyclic amines) is 1. The summed E-state index contributed by atoms with van der Waals surface area (Å²) in [5.74, 6) is 0.972. The van der Waals surface area contributed by atoms with Gasteiger partial charge in [-0.1, -0.05) is 6.07 Å². The molecule has 20 heavy (non-hydrogen) atoms. The number of β-amino-alcohol motifs (C(OH)–C–C–N with tert-alkyl or cyclic N) is 1. The molecule has 1 aliphatic rings. The normalized spacial score (nSPS) is 28.1. The Balaban J connectivity index is 1.81. The average molecular weight is 275 g/mol. The smallest absolute Gasteiger partial charge is 0.110 e. The number of hydrogen-bond acceptors (Lipinski definition) is 4. The van der Waals surface area contributed by atoms with Crippen molar-refractivity contribution in [2.45, 2.75) is 38.5 Å². The lowest BCUT2D eigenvalue weighted by Gasteiger charge is -2.39. The third-order valence-corrected chi connectivity index (χ3v) is 4.26. The molecule has 5 heteroatoms. The van der Waals surface area contributed by atoms with Crippen LogP contribution < -0.4 is 0 Å². The van der Waals surface area contributed by atoms with Gasteiger partial charge >= 0.3 is 0 Å².